The summed E-state index contributed by atoms with van der Waals surface area (Å²) < 4.78 is 0. The molecule has 0 saturated heterocycles. The Bertz CT molecular complexity index is 394. The van der Waals surface area contributed by atoms with Gasteiger partial charge in [0.15, 0.2) is 0 Å². The molecule has 112 valence electrons. The Kier molecular flexibility index (Phi) is 4.72. The summed E-state index contributed by atoms with van der Waals surface area (Å²) in [5.74, 6) is 4.06. The summed E-state index contributed by atoms with van der Waals surface area (Å²) in [7, 11) is 0. The zero-order valence-corrected chi connectivity index (χ0v) is 14.4. The largest absolute Gasteiger partial charge is 0.104 e. The van der Waals surface area contributed by atoms with Crippen LogP contribution in [0, 0.1) is 29.1 Å². The minimum Gasteiger partial charge on any atom is -0.0853 e. The average Bonchev–Trinajstić information content (AvgIpc) is 2.39. The van der Waals surface area contributed by atoms with Crippen molar-refractivity contribution < 1.29 is 0 Å². The Hall–Kier alpha value is -0.650. The van der Waals surface area contributed by atoms with Gasteiger partial charge in [-0.3, -0.25) is 0 Å². The Morgan fingerprint density at radius 3 is 2.35 bits per heavy atom. The summed E-state index contributed by atoms with van der Waals surface area (Å²) in [6.45, 7) is 14.4. The van der Waals surface area contributed by atoms with Gasteiger partial charge in [-0.25, -0.2) is 0 Å². The summed E-state index contributed by atoms with van der Waals surface area (Å²) in [4.78, 5) is 0. The summed E-state index contributed by atoms with van der Waals surface area (Å²) >= 11 is 0. The minimum atomic E-state index is 0.436. The quantitative estimate of drug-likeness (QED) is 0.415. The molecule has 2 aliphatic rings. The number of hydrogen-bond acceptors (Lipinski definition) is 0. The molecular formula is C20H33+. The lowest BCUT2D eigenvalue weighted by atomic mass is 9.59. The first-order valence-corrected chi connectivity index (χ1v) is 8.44. The van der Waals surface area contributed by atoms with Gasteiger partial charge in [-0.05, 0) is 56.8 Å². The van der Waals surface area contributed by atoms with E-state index in [4.69, 9.17) is 0 Å². The minimum absolute atomic E-state index is 0.436. The van der Waals surface area contributed by atoms with Crippen molar-refractivity contribution in [3.63, 3.8) is 0 Å². The monoisotopic (exact) mass is 273 g/mol. The molecule has 2 rings (SSSR count). The van der Waals surface area contributed by atoms with Crippen LogP contribution in [0.1, 0.15) is 73.6 Å². The Labute approximate surface area is 126 Å². The highest BCUT2D eigenvalue weighted by Crippen LogP contribution is 2.50. The van der Waals surface area contributed by atoms with Crippen LogP contribution in [-0.4, -0.2) is 0 Å². The fraction of sp³-hybridized carbons (Fsp3) is 0.750. The zero-order valence-electron chi connectivity index (χ0n) is 14.4. The molecule has 0 heteroatoms. The topological polar surface area (TPSA) is 0 Å². The first kappa shape index (κ1) is 15.7. The molecule has 0 aromatic heterocycles. The lowest BCUT2D eigenvalue weighted by molar-refractivity contribution is 0.103. The van der Waals surface area contributed by atoms with E-state index in [1.165, 1.54) is 32.1 Å². The third-order valence-corrected chi connectivity index (χ3v) is 6.20. The molecule has 2 aliphatic carbocycles. The van der Waals surface area contributed by atoms with Crippen LogP contribution in [0.2, 0.25) is 0 Å². The summed E-state index contributed by atoms with van der Waals surface area (Å²) in [6, 6.07) is 0. The lowest BCUT2D eigenvalue weighted by Gasteiger charge is -2.45. The predicted molar refractivity (Wildman–Crippen MR) is 89.4 cm³/mol. The van der Waals surface area contributed by atoms with Crippen molar-refractivity contribution in [2.75, 3.05) is 0 Å². The van der Waals surface area contributed by atoms with E-state index in [2.05, 4.69) is 53.7 Å². The highest BCUT2D eigenvalue weighted by molar-refractivity contribution is 5.17. The van der Waals surface area contributed by atoms with Crippen molar-refractivity contribution in [1.29, 1.82) is 0 Å². The Morgan fingerprint density at radius 2 is 1.80 bits per heavy atom. The van der Waals surface area contributed by atoms with Gasteiger partial charge in [0, 0.05) is 6.42 Å². The van der Waals surface area contributed by atoms with Crippen LogP contribution in [0.15, 0.2) is 23.3 Å². The van der Waals surface area contributed by atoms with Crippen molar-refractivity contribution >= 4 is 0 Å². The van der Waals surface area contributed by atoms with E-state index in [-0.39, 0.29) is 0 Å². The second kappa shape index (κ2) is 6.00. The van der Waals surface area contributed by atoms with Crippen LogP contribution in [0.4, 0.5) is 0 Å². The number of hydrogen-bond donors (Lipinski definition) is 0. The molecule has 0 bridgehead atoms. The van der Waals surface area contributed by atoms with E-state index in [0.717, 1.165) is 17.8 Å². The van der Waals surface area contributed by atoms with Crippen molar-refractivity contribution in [3.05, 3.63) is 29.2 Å². The van der Waals surface area contributed by atoms with Gasteiger partial charge in [-0.1, -0.05) is 37.1 Å². The van der Waals surface area contributed by atoms with E-state index in [1.54, 1.807) is 17.1 Å². The molecule has 3 atom stereocenters. The van der Waals surface area contributed by atoms with Crippen LogP contribution in [-0.2, 0) is 0 Å². The molecule has 3 unspecified atom stereocenters. The second-order valence-corrected chi connectivity index (χ2v) is 8.09. The molecule has 0 aliphatic heterocycles. The highest BCUT2D eigenvalue weighted by atomic mass is 14.4. The predicted octanol–water partition coefficient (Wildman–Crippen LogP) is 6.35. The highest BCUT2D eigenvalue weighted by Gasteiger charge is 2.42. The first-order chi connectivity index (χ1) is 9.32. The fourth-order valence-corrected chi connectivity index (χ4v) is 4.32. The maximum absolute atomic E-state index is 2.53. The van der Waals surface area contributed by atoms with E-state index >= 15 is 0 Å². The third kappa shape index (κ3) is 3.15. The molecule has 0 fully saturated rings. The van der Waals surface area contributed by atoms with Crippen molar-refractivity contribution in [3.8, 4) is 0 Å². The van der Waals surface area contributed by atoms with Crippen LogP contribution in [0.25, 0.3) is 0 Å². The van der Waals surface area contributed by atoms with Crippen molar-refractivity contribution in [1.82, 2.24) is 0 Å². The van der Waals surface area contributed by atoms with Crippen LogP contribution in [0.3, 0.4) is 0 Å². The molecule has 20 heavy (non-hydrogen) atoms. The average molecular weight is 273 g/mol. The molecule has 0 N–H and O–H groups in total. The van der Waals surface area contributed by atoms with Gasteiger partial charge >= 0.3 is 0 Å². The maximum atomic E-state index is 2.53. The van der Waals surface area contributed by atoms with Gasteiger partial charge in [0.2, 0.25) is 0 Å². The van der Waals surface area contributed by atoms with Crippen LogP contribution >= 0.6 is 0 Å². The van der Waals surface area contributed by atoms with Gasteiger partial charge < -0.3 is 0 Å². The van der Waals surface area contributed by atoms with Crippen molar-refractivity contribution in [2.45, 2.75) is 73.6 Å². The molecule has 0 saturated carbocycles. The molecule has 0 heterocycles. The van der Waals surface area contributed by atoms with Gasteiger partial charge in [-0.2, -0.15) is 0 Å². The van der Waals surface area contributed by atoms with Crippen molar-refractivity contribution in [2.24, 2.45) is 23.2 Å². The van der Waals surface area contributed by atoms with Crippen LogP contribution < -0.4 is 0 Å². The van der Waals surface area contributed by atoms with Gasteiger partial charge in [-0.15, -0.1) is 0 Å². The smallest absolute Gasteiger partial charge is 0.0853 e. The lowest BCUT2D eigenvalue weighted by Crippen LogP contribution is -2.37. The zero-order chi connectivity index (χ0) is 14.9. The molecule has 0 radical (unpaired) electrons. The van der Waals surface area contributed by atoms with Crippen LogP contribution in [0.5, 0.6) is 0 Å². The standard InChI is InChI=1S/C20H33/c1-14(2)17-10-9-16(4)19(13-17)20(5,6)18-11-7-15(3)8-12-18/h7,9,17-19H,8,10-13H2,1-6H3/q+1. The number of allylic oxidation sites excluding steroid dienone is 4. The normalized spacial score (nSPS) is 31.6. The van der Waals surface area contributed by atoms with E-state index in [1.807, 2.05) is 0 Å². The van der Waals surface area contributed by atoms with Gasteiger partial charge in [0.05, 0.1) is 19.8 Å². The fourth-order valence-electron chi connectivity index (χ4n) is 4.32. The summed E-state index contributed by atoms with van der Waals surface area (Å²) in [5.41, 5.74) is 3.69. The first-order valence-electron chi connectivity index (χ1n) is 8.44. The molecule has 0 aromatic carbocycles. The summed E-state index contributed by atoms with van der Waals surface area (Å²) in [5, 5.41) is 0. The van der Waals surface area contributed by atoms with Gasteiger partial charge in [0.25, 0.3) is 0 Å². The Balaban J connectivity index is 2.15. The summed E-state index contributed by atoms with van der Waals surface area (Å²) in [6.07, 6.45) is 11.7. The Morgan fingerprint density at radius 1 is 1.10 bits per heavy atom. The van der Waals surface area contributed by atoms with Gasteiger partial charge in [0.1, 0.15) is 5.92 Å². The molecular weight excluding hydrogens is 240 g/mol. The third-order valence-electron chi connectivity index (χ3n) is 6.20. The molecule has 0 aromatic rings. The second-order valence-electron chi connectivity index (χ2n) is 8.09. The molecule has 0 spiro atoms. The SMILES string of the molecule is CC1=CCC(C(C)(C)C2CC([C+](C)C)CC=C2C)CC1. The molecule has 0 nitrogen and oxygen atoms in total. The van der Waals surface area contributed by atoms with E-state index < -0.39 is 0 Å². The maximum Gasteiger partial charge on any atom is 0.104 e. The van der Waals surface area contributed by atoms with E-state index in [9.17, 15) is 0 Å². The van der Waals surface area contributed by atoms with E-state index in [0.29, 0.717) is 5.41 Å². The number of rotatable bonds is 3. The molecule has 0 amide bonds.